The van der Waals surface area contributed by atoms with Crippen molar-refractivity contribution in [3.05, 3.63) is 284 Å². The predicted molar refractivity (Wildman–Crippen MR) is 529 cm³/mol. The molecule has 0 radical (unpaired) electrons. The Morgan fingerprint density at radius 1 is 0.291 bits per heavy atom. The molecule has 0 N–H and O–H groups in total. The standard InChI is InChI=1S/C23H17N5O.C20H17N3O.2C18H19N3O.C16H15N3O.5C2H6/c1-15-9-10-17-18-8-5-11-26-23(18)29-20(17)19(15)28-14-27(16-6-3-2-4-7-16)21-22(28)25-13-12-24-21;1-13-9-10-14-15-6-5-11-21-20(15)24-19(14)18(13)23-12-22(2)16-7-3-4-8-17(16)23;2*1-12(2)20-9-10-21(11-20)16-13(3)6-7-14-15-5-4-8-19-18(15)22-17(14)16;1-11-5-6-12-13-4-3-7-17-16(13)20-15(12)14(11)19-9-8-18(2)10-19;5*1-2/h2-13H,14H2,1H3;3-11H,12H2,1-2H3;2*4-10,12H,11H2,1-3H3;3-9H,10H2,1-2H3;5*1-2H3/i;2D3;1D3,12D;12D;2D3;;;;;. The number of benzene rings is 7. The summed E-state index contributed by atoms with van der Waals surface area (Å²) in [5, 5.41) is 9.95. The number of anilines is 10. The number of hydrogen-bond acceptors (Lipinski definition) is 22. The molecule has 5 aliphatic heterocycles. The fourth-order valence-corrected chi connectivity index (χ4v) is 16.1. The Hall–Kier alpha value is -14.4. The molecule has 11 aromatic heterocycles. The maximum atomic E-state index is 8.28. The van der Waals surface area contributed by atoms with Gasteiger partial charge < -0.3 is 71.1 Å². The van der Waals surface area contributed by atoms with Gasteiger partial charge in [-0.25, -0.2) is 34.9 Å². The monoisotopic (exact) mass is 1710 g/mol. The van der Waals surface area contributed by atoms with Crippen LogP contribution in [0.4, 0.5) is 57.1 Å². The zero-order valence-electron chi connectivity index (χ0n) is 86.4. The van der Waals surface area contributed by atoms with Crippen LogP contribution in [-0.2, 0) is 0 Å². The maximum absolute atomic E-state index is 8.28. The van der Waals surface area contributed by atoms with Crippen LogP contribution in [0.25, 0.3) is 110 Å². The van der Waals surface area contributed by atoms with E-state index in [4.69, 9.17) is 37.2 Å². The summed E-state index contributed by atoms with van der Waals surface area (Å²) in [5.41, 5.74) is 19.5. The van der Waals surface area contributed by atoms with E-state index in [0.717, 1.165) is 155 Å². The van der Waals surface area contributed by atoms with Gasteiger partial charge in [0.15, 0.2) is 39.6 Å². The largest absolute Gasteiger partial charge is 0.435 e. The summed E-state index contributed by atoms with van der Waals surface area (Å²) < 4.78 is 116. The molecule has 22 nitrogen and oxygen atoms in total. The van der Waals surface area contributed by atoms with Crippen LogP contribution < -0.4 is 34.3 Å². The van der Waals surface area contributed by atoms with Gasteiger partial charge in [-0.3, -0.25) is 0 Å². The van der Waals surface area contributed by atoms with Crippen molar-refractivity contribution in [1.82, 2.24) is 49.6 Å². The van der Waals surface area contributed by atoms with Crippen LogP contribution in [0.3, 0.4) is 0 Å². The van der Waals surface area contributed by atoms with Crippen LogP contribution in [0, 0.1) is 34.6 Å². The maximum Gasteiger partial charge on any atom is 0.227 e. The van der Waals surface area contributed by atoms with Crippen LogP contribution in [0.15, 0.2) is 279 Å². The summed E-state index contributed by atoms with van der Waals surface area (Å²) in [6.07, 6.45) is 22.8. The van der Waals surface area contributed by atoms with Gasteiger partial charge in [0.1, 0.15) is 6.67 Å². The van der Waals surface area contributed by atoms with Gasteiger partial charge in [0.25, 0.3) is 0 Å². The lowest BCUT2D eigenvalue weighted by Gasteiger charge is -2.25. The van der Waals surface area contributed by atoms with Crippen LogP contribution in [0.5, 0.6) is 0 Å². The molecule has 18 aromatic rings. The first-order valence-electron chi connectivity index (χ1n) is 48.9. The van der Waals surface area contributed by atoms with E-state index in [1.165, 1.54) is 21.6 Å². The van der Waals surface area contributed by atoms with Crippen LogP contribution in [0.1, 0.15) is 140 Å². The van der Waals surface area contributed by atoms with Crippen molar-refractivity contribution in [2.24, 2.45) is 0 Å². The first-order chi connectivity index (χ1) is 66.4. The summed E-state index contributed by atoms with van der Waals surface area (Å²) >= 11 is 0. The number of furan rings is 5. The second-order valence-corrected chi connectivity index (χ2v) is 29.5. The third-order valence-corrected chi connectivity index (χ3v) is 21.8. The molecule has 0 saturated heterocycles. The van der Waals surface area contributed by atoms with Gasteiger partial charge in [-0.15, -0.1) is 0 Å². The molecule has 0 aliphatic carbocycles. The summed E-state index contributed by atoms with van der Waals surface area (Å²) in [6, 6.07) is 55.5. The summed E-state index contributed by atoms with van der Waals surface area (Å²) in [7, 11) is 0. The van der Waals surface area contributed by atoms with E-state index in [9.17, 15) is 0 Å². The molecule has 16 heterocycles. The fraction of sp³-hybridized carbons (Fsp3) is 0.267. The number of para-hydroxylation sites is 3. The zero-order valence-corrected chi connectivity index (χ0v) is 75.4. The molecule has 0 saturated carbocycles. The van der Waals surface area contributed by atoms with E-state index in [1.807, 2.05) is 275 Å². The number of aromatic nitrogens is 7. The fourth-order valence-electron chi connectivity index (χ4n) is 16.1. The van der Waals surface area contributed by atoms with Gasteiger partial charge in [-0.2, -0.15) is 0 Å². The van der Waals surface area contributed by atoms with Crippen LogP contribution in [-0.4, -0.2) is 109 Å². The topological polar surface area (TPSA) is 188 Å². The van der Waals surface area contributed by atoms with Crippen molar-refractivity contribution in [1.29, 1.82) is 0 Å². The van der Waals surface area contributed by atoms with E-state index < -0.39 is 32.8 Å². The van der Waals surface area contributed by atoms with Gasteiger partial charge in [0.2, 0.25) is 28.6 Å². The minimum atomic E-state index is -2.42. The molecule has 0 amide bonds. The van der Waals surface area contributed by atoms with Crippen molar-refractivity contribution in [2.45, 2.75) is 144 Å². The molecular formula is C105H117N17O5. The average Bonchev–Trinajstić information content (AvgIpc) is 1.58. The van der Waals surface area contributed by atoms with Crippen molar-refractivity contribution in [2.75, 3.05) is 81.6 Å². The number of hydrogen-bond donors (Lipinski definition) is 0. The minimum Gasteiger partial charge on any atom is -0.435 e. The SMILES string of the molecule is CC.CC.CC.CC.CC.Cc1ccc2c(oc3ncccc32)c1N1CN(c2ccccc2)c2nccnc21.[2H]C(C)(C)N1C=CN(c2c(C)ccc3c2oc2ncccc23)C1.[2H]C([2H])([2H])C([2H])(C)N1C=CN(c2c(C)ccc3c2oc2ncccc23)C1.[2H]C([2H])([2H])N1C=CN(c2c(C)ccc3c2oc2ncccc23)C1.[2H]C([2H])([2H])N1CN(c2c(C)ccc3c2oc2ncccc23)c2ccccc21. The number of pyridine rings is 5. The Morgan fingerprint density at radius 3 is 1.00 bits per heavy atom. The molecule has 0 spiro atoms. The first kappa shape index (κ1) is 75.1. The molecule has 0 fully saturated rings. The Balaban J connectivity index is 0.000000135. The van der Waals surface area contributed by atoms with Crippen LogP contribution in [0.2, 0.25) is 0 Å². The summed E-state index contributed by atoms with van der Waals surface area (Å²) in [5.74, 6) is 1.66. The van der Waals surface area contributed by atoms with Crippen molar-refractivity contribution >= 4 is 167 Å². The predicted octanol–water partition coefficient (Wildman–Crippen LogP) is 27.3. The smallest absolute Gasteiger partial charge is 0.227 e. The molecule has 1 unspecified atom stereocenters. The number of nitrogens with zero attached hydrogens (tertiary/aromatic N) is 17. The average molecular weight is 1710 g/mol. The molecule has 22 heteroatoms. The highest BCUT2D eigenvalue weighted by atomic mass is 16.4. The Bertz CT molecular complexity index is 7290. The lowest BCUT2D eigenvalue weighted by molar-refractivity contribution is 0.336. The quantitative estimate of drug-likeness (QED) is 0.140. The zero-order chi connectivity index (χ0) is 99.2. The third kappa shape index (κ3) is 17.3. The lowest BCUT2D eigenvalue weighted by atomic mass is 10.1. The van der Waals surface area contributed by atoms with Gasteiger partial charge in [-0.05, 0) is 175 Å². The second-order valence-electron chi connectivity index (χ2n) is 29.5. The van der Waals surface area contributed by atoms with Crippen molar-refractivity contribution in [3.63, 3.8) is 0 Å². The molecule has 1 atom stereocenters. The molecular weight excluding hydrogens is 1580 g/mol. The first-order valence-corrected chi connectivity index (χ1v) is 43.4. The molecule has 0 bridgehead atoms. The summed E-state index contributed by atoms with van der Waals surface area (Å²) in [4.78, 5) is 49.5. The highest BCUT2D eigenvalue weighted by Gasteiger charge is 2.35. The van der Waals surface area contributed by atoms with Gasteiger partial charge >= 0.3 is 0 Å². The molecule has 127 heavy (non-hydrogen) atoms. The van der Waals surface area contributed by atoms with E-state index in [2.05, 4.69) is 99.8 Å². The van der Waals surface area contributed by atoms with E-state index >= 15 is 0 Å². The normalized spacial score (nSPS) is 15.6. The van der Waals surface area contributed by atoms with Gasteiger partial charge in [-0.1, -0.05) is 160 Å². The minimum absolute atomic E-state index is 0.236. The summed E-state index contributed by atoms with van der Waals surface area (Å²) in [6.45, 7) is 30.6. The highest BCUT2D eigenvalue weighted by Crippen LogP contribution is 2.49. The van der Waals surface area contributed by atoms with E-state index in [-0.39, 0.29) is 20.0 Å². The van der Waals surface area contributed by atoms with Gasteiger partial charge in [0.05, 0.1) is 69.2 Å². The lowest BCUT2D eigenvalue weighted by Crippen LogP contribution is -2.30. The number of fused-ring (bicyclic) bond motifs is 17. The van der Waals surface area contributed by atoms with Gasteiger partial charge in [0, 0.05) is 178 Å². The number of aryl methyl sites for hydroxylation is 5. The van der Waals surface area contributed by atoms with Crippen molar-refractivity contribution < 1.29 is 37.2 Å². The van der Waals surface area contributed by atoms with Crippen molar-refractivity contribution in [3.8, 4) is 0 Å². The second kappa shape index (κ2) is 39.6. The molecule has 23 rings (SSSR count). The third-order valence-electron chi connectivity index (χ3n) is 21.8. The van der Waals surface area contributed by atoms with Crippen LogP contribution >= 0.6 is 0 Å². The number of rotatable bonds is 8. The van der Waals surface area contributed by atoms with E-state index in [1.54, 1.807) is 68.2 Å². The Kier molecular flexibility index (Phi) is 23.4. The molecule has 7 aromatic carbocycles. The Morgan fingerprint density at radius 2 is 0.630 bits per heavy atom. The highest BCUT2D eigenvalue weighted by molar-refractivity contribution is 6.13. The molecule has 652 valence electrons. The Labute approximate surface area is 760 Å². The van der Waals surface area contributed by atoms with E-state index in [0.29, 0.717) is 53.2 Å². The molecule has 5 aliphatic rings.